The first-order valence-corrected chi connectivity index (χ1v) is 10.3. The zero-order valence-corrected chi connectivity index (χ0v) is 18.3. The van der Waals surface area contributed by atoms with Gasteiger partial charge < -0.3 is 24.0 Å². The molecule has 1 aromatic rings. The van der Waals surface area contributed by atoms with Gasteiger partial charge in [0.25, 0.3) is 0 Å². The van der Waals surface area contributed by atoms with Crippen molar-refractivity contribution in [2.75, 3.05) is 37.7 Å². The third kappa shape index (κ3) is 4.01. The number of ether oxygens (including phenoxy) is 3. The summed E-state index contributed by atoms with van der Waals surface area (Å²) < 4.78 is 17.6. The van der Waals surface area contributed by atoms with Gasteiger partial charge in [-0.15, -0.1) is 0 Å². The summed E-state index contributed by atoms with van der Waals surface area (Å²) in [6.07, 6.45) is 0.852. The monoisotopic (exact) mass is 390 g/mol. The lowest BCUT2D eigenvalue weighted by molar-refractivity contribution is 0.0240. The molecule has 0 aliphatic carbocycles. The topological polar surface area (TPSA) is 51.2 Å². The van der Waals surface area contributed by atoms with Crippen molar-refractivity contribution in [1.29, 1.82) is 0 Å². The maximum Gasteiger partial charge on any atom is 0.410 e. The molecule has 156 valence electrons. The Kier molecular flexibility index (Phi) is 5.69. The summed E-state index contributed by atoms with van der Waals surface area (Å²) >= 11 is 0. The number of carbonyl (C=O) groups excluding carboxylic acids is 1. The van der Waals surface area contributed by atoms with Gasteiger partial charge in [0.05, 0.1) is 6.61 Å². The fraction of sp³-hybridized carbons (Fsp3) is 0.682. The standard InChI is InChI=1S/C22H34N2O4/c1-8-26-19-16(4)18(15(3)17-13-14(2)27-20(17)19)23-9-11-24(12-10-23)21(25)28-22(5,6)7/h14H,8-13H2,1-7H3. The molecule has 3 rings (SSSR count). The molecular weight excluding hydrogens is 356 g/mol. The molecule has 6 heteroatoms. The molecule has 28 heavy (non-hydrogen) atoms. The van der Waals surface area contributed by atoms with Crippen LogP contribution < -0.4 is 14.4 Å². The molecule has 0 radical (unpaired) electrons. The number of hydrogen-bond donors (Lipinski definition) is 0. The maximum absolute atomic E-state index is 12.4. The normalized spacial score (nSPS) is 19.3. The van der Waals surface area contributed by atoms with Crippen molar-refractivity contribution >= 4 is 11.8 Å². The van der Waals surface area contributed by atoms with Crippen LogP contribution in [0.1, 0.15) is 51.3 Å². The maximum atomic E-state index is 12.4. The summed E-state index contributed by atoms with van der Waals surface area (Å²) in [7, 11) is 0. The van der Waals surface area contributed by atoms with Gasteiger partial charge in [-0.1, -0.05) is 0 Å². The minimum Gasteiger partial charge on any atom is -0.490 e. The van der Waals surface area contributed by atoms with E-state index in [1.54, 1.807) is 4.90 Å². The van der Waals surface area contributed by atoms with Gasteiger partial charge in [-0.05, 0) is 54.0 Å². The van der Waals surface area contributed by atoms with Crippen LogP contribution in [0.3, 0.4) is 0 Å². The largest absolute Gasteiger partial charge is 0.490 e. The smallest absolute Gasteiger partial charge is 0.410 e. The second-order valence-corrected chi connectivity index (χ2v) is 8.76. The summed E-state index contributed by atoms with van der Waals surface area (Å²) in [5.41, 5.74) is 4.41. The molecule has 1 fully saturated rings. The van der Waals surface area contributed by atoms with Crippen LogP contribution >= 0.6 is 0 Å². The van der Waals surface area contributed by atoms with E-state index in [1.165, 1.54) is 16.8 Å². The van der Waals surface area contributed by atoms with E-state index in [9.17, 15) is 4.79 Å². The highest BCUT2D eigenvalue weighted by Gasteiger charge is 2.33. The lowest BCUT2D eigenvalue weighted by atomic mass is 9.97. The van der Waals surface area contributed by atoms with Crippen LogP contribution in [-0.2, 0) is 11.2 Å². The minimum atomic E-state index is -0.468. The Bertz CT molecular complexity index is 746. The van der Waals surface area contributed by atoms with Gasteiger partial charge >= 0.3 is 6.09 Å². The van der Waals surface area contributed by atoms with Gasteiger partial charge in [0, 0.05) is 49.4 Å². The third-order valence-electron chi connectivity index (χ3n) is 5.33. The van der Waals surface area contributed by atoms with E-state index in [4.69, 9.17) is 14.2 Å². The van der Waals surface area contributed by atoms with Gasteiger partial charge in [-0.25, -0.2) is 4.79 Å². The van der Waals surface area contributed by atoms with Crippen LogP contribution in [0.25, 0.3) is 0 Å². The molecule has 0 saturated carbocycles. The molecule has 1 aromatic carbocycles. The van der Waals surface area contributed by atoms with Gasteiger partial charge in [-0.3, -0.25) is 0 Å². The first-order valence-electron chi connectivity index (χ1n) is 10.3. The summed E-state index contributed by atoms with van der Waals surface area (Å²) in [6, 6.07) is 0. The Balaban J connectivity index is 1.83. The molecule has 1 unspecified atom stereocenters. The average Bonchev–Trinajstić information content (AvgIpc) is 3.00. The molecule has 0 bridgehead atoms. The summed E-state index contributed by atoms with van der Waals surface area (Å²) in [4.78, 5) is 16.5. The Hall–Kier alpha value is -2.11. The Labute approximate surface area is 168 Å². The Morgan fingerprint density at radius 2 is 1.79 bits per heavy atom. The van der Waals surface area contributed by atoms with E-state index in [0.29, 0.717) is 19.7 Å². The molecule has 2 aliphatic heterocycles. The number of piperazine rings is 1. The van der Waals surface area contributed by atoms with E-state index in [1.807, 2.05) is 27.7 Å². The average molecular weight is 391 g/mol. The highest BCUT2D eigenvalue weighted by molar-refractivity contribution is 5.73. The summed E-state index contributed by atoms with van der Waals surface area (Å²) in [6.45, 7) is 17.6. The van der Waals surface area contributed by atoms with Crippen LogP contribution in [0.5, 0.6) is 11.5 Å². The van der Waals surface area contributed by atoms with Crippen molar-refractivity contribution in [3.63, 3.8) is 0 Å². The highest BCUT2D eigenvalue weighted by Crippen LogP contribution is 2.47. The van der Waals surface area contributed by atoms with Crippen molar-refractivity contribution in [1.82, 2.24) is 4.90 Å². The van der Waals surface area contributed by atoms with Crippen molar-refractivity contribution in [3.05, 3.63) is 16.7 Å². The fourth-order valence-corrected chi connectivity index (χ4v) is 4.14. The van der Waals surface area contributed by atoms with Crippen molar-refractivity contribution in [3.8, 4) is 11.5 Å². The fourth-order valence-electron chi connectivity index (χ4n) is 4.14. The molecular formula is C22H34N2O4. The number of carbonyl (C=O) groups is 1. The lowest BCUT2D eigenvalue weighted by Crippen LogP contribution is -2.50. The molecule has 0 N–H and O–H groups in total. The number of hydrogen-bond acceptors (Lipinski definition) is 5. The predicted molar refractivity (Wildman–Crippen MR) is 111 cm³/mol. The van der Waals surface area contributed by atoms with Crippen LogP contribution in [0.2, 0.25) is 0 Å². The lowest BCUT2D eigenvalue weighted by Gasteiger charge is -2.38. The molecule has 6 nitrogen and oxygen atoms in total. The molecule has 2 aliphatic rings. The predicted octanol–water partition coefficient (Wildman–Crippen LogP) is 4.08. The Morgan fingerprint density at radius 1 is 1.14 bits per heavy atom. The molecule has 0 aromatic heterocycles. The number of nitrogens with zero attached hydrogens (tertiary/aromatic N) is 2. The van der Waals surface area contributed by atoms with Crippen LogP contribution in [0, 0.1) is 13.8 Å². The van der Waals surface area contributed by atoms with Gasteiger partial charge in [-0.2, -0.15) is 0 Å². The quantitative estimate of drug-likeness (QED) is 0.778. The van der Waals surface area contributed by atoms with Crippen LogP contribution in [0.15, 0.2) is 0 Å². The second kappa shape index (κ2) is 7.72. The van der Waals surface area contributed by atoms with Crippen LogP contribution in [0.4, 0.5) is 10.5 Å². The second-order valence-electron chi connectivity index (χ2n) is 8.76. The summed E-state index contributed by atoms with van der Waals surface area (Å²) in [5.74, 6) is 1.79. The summed E-state index contributed by atoms with van der Waals surface area (Å²) in [5, 5.41) is 0. The third-order valence-corrected chi connectivity index (χ3v) is 5.33. The van der Waals surface area contributed by atoms with E-state index in [2.05, 4.69) is 25.7 Å². The van der Waals surface area contributed by atoms with E-state index in [-0.39, 0.29) is 12.2 Å². The molecule has 1 atom stereocenters. The molecule has 2 heterocycles. The van der Waals surface area contributed by atoms with Gasteiger partial charge in [0.15, 0.2) is 11.5 Å². The number of fused-ring (bicyclic) bond motifs is 1. The van der Waals surface area contributed by atoms with Crippen molar-refractivity contribution in [2.45, 2.75) is 66.6 Å². The SMILES string of the molecule is CCOc1c(C)c(N2CCN(C(=O)OC(C)(C)C)CC2)c(C)c2c1OC(C)C2. The van der Waals surface area contributed by atoms with E-state index in [0.717, 1.165) is 36.6 Å². The van der Waals surface area contributed by atoms with Crippen molar-refractivity contribution in [2.24, 2.45) is 0 Å². The molecule has 1 saturated heterocycles. The van der Waals surface area contributed by atoms with Crippen molar-refractivity contribution < 1.29 is 19.0 Å². The number of anilines is 1. The zero-order valence-electron chi connectivity index (χ0n) is 18.3. The first kappa shape index (κ1) is 20.6. The number of rotatable bonds is 3. The number of benzene rings is 1. The van der Waals surface area contributed by atoms with Crippen LogP contribution in [-0.4, -0.2) is 55.5 Å². The zero-order chi connectivity index (χ0) is 20.6. The Morgan fingerprint density at radius 3 is 2.36 bits per heavy atom. The van der Waals surface area contributed by atoms with E-state index >= 15 is 0 Å². The van der Waals surface area contributed by atoms with Gasteiger partial charge in [0.2, 0.25) is 0 Å². The minimum absolute atomic E-state index is 0.173. The van der Waals surface area contributed by atoms with Gasteiger partial charge in [0.1, 0.15) is 11.7 Å². The van der Waals surface area contributed by atoms with E-state index < -0.39 is 5.60 Å². The highest BCUT2D eigenvalue weighted by atomic mass is 16.6. The molecule has 0 spiro atoms. The number of amides is 1. The molecule has 1 amide bonds. The first-order chi connectivity index (χ1) is 13.1.